The van der Waals surface area contributed by atoms with Crippen LogP contribution in [0.15, 0.2) is 212 Å². The number of aromatic nitrogens is 5. The van der Waals surface area contributed by atoms with Gasteiger partial charge < -0.3 is 4.57 Å². The highest BCUT2D eigenvalue weighted by molar-refractivity contribution is 6.24. The van der Waals surface area contributed by atoms with Gasteiger partial charge in [-0.3, -0.25) is 4.57 Å². The van der Waals surface area contributed by atoms with Crippen molar-refractivity contribution in [2.45, 2.75) is 0 Å². The predicted octanol–water partition coefficient (Wildman–Crippen LogP) is 13.9. The molecule has 0 saturated heterocycles. The maximum Gasteiger partial charge on any atom is 0.238 e. The Bertz CT molecular complexity index is 3530. The Morgan fingerprint density at radius 3 is 1.40 bits per heavy atom. The Morgan fingerprint density at radius 2 is 0.783 bits per heavy atom. The van der Waals surface area contributed by atoms with E-state index in [-0.39, 0.29) is 0 Å². The first-order valence-corrected chi connectivity index (χ1v) is 20.3. The third-order valence-electron chi connectivity index (χ3n) is 11.8. The Morgan fingerprint density at radius 1 is 0.300 bits per heavy atom. The van der Waals surface area contributed by atoms with Gasteiger partial charge in [0.1, 0.15) is 0 Å². The zero-order chi connectivity index (χ0) is 39.6. The second-order valence-corrected chi connectivity index (χ2v) is 15.2. The number of hydrogen-bond acceptors (Lipinski definition) is 3. The fourth-order valence-corrected chi connectivity index (χ4v) is 9.07. The molecule has 0 fully saturated rings. The van der Waals surface area contributed by atoms with Crippen molar-refractivity contribution in [1.29, 1.82) is 0 Å². The van der Waals surface area contributed by atoms with Gasteiger partial charge in [0.25, 0.3) is 0 Å². The van der Waals surface area contributed by atoms with Crippen molar-refractivity contribution in [1.82, 2.24) is 24.1 Å². The van der Waals surface area contributed by atoms with Crippen molar-refractivity contribution in [2.75, 3.05) is 0 Å². The van der Waals surface area contributed by atoms with Gasteiger partial charge in [-0.25, -0.2) is 4.98 Å². The SMILES string of the molecule is c1ccc(-c2nc(-c3ccc4ccccc4c3)nc(-n3c4ccccc4c4ccc5c6ccccc6n(-c6c(-c7ccccc7)cccc6-c6ccccc6)c5c43)n2)cc1. The van der Waals surface area contributed by atoms with E-state index in [1.807, 2.05) is 18.2 Å². The van der Waals surface area contributed by atoms with Crippen molar-refractivity contribution < 1.29 is 0 Å². The van der Waals surface area contributed by atoms with E-state index in [4.69, 9.17) is 15.0 Å². The van der Waals surface area contributed by atoms with Crippen molar-refractivity contribution in [2.24, 2.45) is 0 Å². The van der Waals surface area contributed by atoms with E-state index in [1.54, 1.807) is 0 Å². The fraction of sp³-hybridized carbons (Fsp3) is 0. The van der Waals surface area contributed by atoms with E-state index in [0.29, 0.717) is 17.6 Å². The maximum atomic E-state index is 5.40. The van der Waals surface area contributed by atoms with Gasteiger partial charge in [0, 0.05) is 43.8 Å². The summed E-state index contributed by atoms with van der Waals surface area (Å²) in [5.41, 5.74) is 11.8. The lowest BCUT2D eigenvalue weighted by Crippen LogP contribution is -2.07. The van der Waals surface area contributed by atoms with Gasteiger partial charge in [-0.1, -0.05) is 194 Å². The van der Waals surface area contributed by atoms with Gasteiger partial charge in [-0.15, -0.1) is 0 Å². The molecule has 0 aliphatic heterocycles. The molecule has 3 heterocycles. The first kappa shape index (κ1) is 33.9. The molecule has 9 aromatic carbocycles. The van der Waals surface area contributed by atoms with Crippen LogP contribution in [-0.4, -0.2) is 24.1 Å². The molecule has 3 aromatic heterocycles. The van der Waals surface area contributed by atoms with E-state index in [0.717, 1.165) is 82.7 Å². The van der Waals surface area contributed by atoms with Crippen LogP contribution in [0.3, 0.4) is 0 Å². The van der Waals surface area contributed by atoms with Crippen LogP contribution >= 0.6 is 0 Å². The largest absolute Gasteiger partial charge is 0.306 e. The van der Waals surface area contributed by atoms with Crippen molar-refractivity contribution >= 4 is 54.4 Å². The summed E-state index contributed by atoms with van der Waals surface area (Å²) in [4.78, 5) is 15.9. The summed E-state index contributed by atoms with van der Waals surface area (Å²) < 4.78 is 4.77. The minimum Gasteiger partial charge on any atom is -0.306 e. The first-order valence-electron chi connectivity index (χ1n) is 20.3. The molecule has 5 heteroatoms. The van der Waals surface area contributed by atoms with Crippen molar-refractivity contribution in [3.05, 3.63) is 212 Å². The van der Waals surface area contributed by atoms with Crippen LogP contribution in [0.5, 0.6) is 0 Å². The number of rotatable bonds is 6. The lowest BCUT2D eigenvalue weighted by atomic mass is 9.95. The molecule has 0 radical (unpaired) electrons. The van der Waals surface area contributed by atoms with Crippen LogP contribution < -0.4 is 0 Å². The summed E-state index contributed by atoms with van der Waals surface area (Å²) in [5, 5.41) is 6.87. The topological polar surface area (TPSA) is 48.5 Å². The molecule has 0 saturated carbocycles. The van der Waals surface area contributed by atoms with Crippen LogP contribution in [0.1, 0.15) is 0 Å². The van der Waals surface area contributed by atoms with Gasteiger partial charge >= 0.3 is 0 Å². The van der Waals surface area contributed by atoms with E-state index < -0.39 is 0 Å². The third kappa shape index (κ3) is 5.37. The van der Waals surface area contributed by atoms with Gasteiger partial charge in [-0.2, -0.15) is 9.97 Å². The molecular formula is C55H35N5. The van der Waals surface area contributed by atoms with E-state index >= 15 is 0 Å². The summed E-state index contributed by atoms with van der Waals surface area (Å²) in [6.45, 7) is 0. The second-order valence-electron chi connectivity index (χ2n) is 15.2. The Labute approximate surface area is 346 Å². The molecule has 0 N–H and O–H groups in total. The second kappa shape index (κ2) is 13.8. The zero-order valence-electron chi connectivity index (χ0n) is 32.4. The van der Waals surface area contributed by atoms with Crippen LogP contribution in [0.2, 0.25) is 0 Å². The zero-order valence-corrected chi connectivity index (χ0v) is 32.4. The Balaban J connectivity index is 1.25. The predicted molar refractivity (Wildman–Crippen MR) is 248 cm³/mol. The van der Waals surface area contributed by atoms with Crippen molar-refractivity contribution in [3.63, 3.8) is 0 Å². The normalized spacial score (nSPS) is 11.7. The third-order valence-corrected chi connectivity index (χ3v) is 11.8. The van der Waals surface area contributed by atoms with Crippen LogP contribution in [-0.2, 0) is 0 Å². The summed E-state index contributed by atoms with van der Waals surface area (Å²) in [6.07, 6.45) is 0. The van der Waals surface area contributed by atoms with Crippen LogP contribution in [0.4, 0.5) is 0 Å². The highest BCUT2D eigenvalue weighted by Gasteiger charge is 2.26. The summed E-state index contributed by atoms with van der Waals surface area (Å²) in [6, 6.07) is 75.2. The number of benzene rings is 9. The molecule has 0 atom stereocenters. The molecule has 0 unspecified atom stereocenters. The lowest BCUT2D eigenvalue weighted by Gasteiger charge is -2.20. The minimum absolute atomic E-state index is 0.558. The van der Waals surface area contributed by atoms with Crippen LogP contribution in [0.25, 0.3) is 111 Å². The van der Waals surface area contributed by atoms with Gasteiger partial charge in [0.2, 0.25) is 5.95 Å². The average Bonchev–Trinajstić information content (AvgIpc) is 3.85. The quantitative estimate of drug-likeness (QED) is 0.169. The molecule has 0 spiro atoms. The number of hydrogen-bond donors (Lipinski definition) is 0. The molecule has 5 nitrogen and oxygen atoms in total. The van der Waals surface area contributed by atoms with E-state index in [1.165, 1.54) is 10.8 Å². The summed E-state index contributed by atoms with van der Waals surface area (Å²) in [5.74, 6) is 1.79. The minimum atomic E-state index is 0.558. The summed E-state index contributed by atoms with van der Waals surface area (Å²) in [7, 11) is 0. The molecule has 12 aromatic rings. The highest BCUT2D eigenvalue weighted by atomic mass is 15.2. The van der Waals surface area contributed by atoms with E-state index in [9.17, 15) is 0 Å². The maximum absolute atomic E-state index is 5.40. The molecule has 0 amide bonds. The number of nitrogens with zero attached hydrogens (tertiary/aromatic N) is 5. The molecule has 280 valence electrons. The molecule has 0 aliphatic carbocycles. The van der Waals surface area contributed by atoms with Gasteiger partial charge in [0.05, 0.1) is 27.8 Å². The van der Waals surface area contributed by atoms with Gasteiger partial charge in [0.15, 0.2) is 11.6 Å². The fourth-order valence-electron chi connectivity index (χ4n) is 9.07. The van der Waals surface area contributed by atoms with Crippen LogP contribution in [0, 0.1) is 0 Å². The first-order chi connectivity index (χ1) is 29.8. The smallest absolute Gasteiger partial charge is 0.238 e. The lowest BCUT2D eigenvalue weighted by molar-refractivity contribution is 0.953. The van der Waals surface area contributed by atoms with Crippen molar-refractivity contribution in [3.8, 4) is 56.7 Å². The monoisotopic (exact) mass is 765 g/mol. The highest BCUT2D eigenvalue weighted by Crippen LogP contribution is 2.45. The standard InChI is InChI=1S/C55H35N5/c1-4-18-37(19-5-1)42-27-16-28-43(38-20-6-2-7-21-38)50(42)59-48-29-14-12-25-44(48)46-33-34-47-45-26-13-15-30-49(45)60(52(47)51(46)59)55-57-53(39-22-8-3-9-23-39)56-54(58-55)41-32-31-36-17-10-11-24-40(36)35-41/h1-35H. The molecule has 12 rings (SSSR count). The Hall–Kier alpha value is -8.15. The Kier molecular flexibility index (Phi) is 7.78. The molecular weight excluding hydrogens is 731 g/mol. The van der Waals surface area contributed by atoms with E-state index in [2.05, 4.69) is 203 Å². The molecule has 0 aliphatic rings. The average molecular weight is 766 g/mol. The van der Waals surface area contributed by atoms with Gasteiger partial charge in [-0.05, 0) is 40.1 Å². The molecule has 60 heavy (non-hydrogen) atoms. The summed E-state index contributed by atoms with van der Waals surface area (Å²) >= 11 is 0. The number of fused-ring (bicyclic) bond motifs is 8. The molecule has 0 bridgehead atoms. The number of para-hydroxylation sites is 3.